The summed E-state index contributed by atoms with van der Waals surface area (Å²) in [6.45, 7) is 0.328. The highest BCUT2D eigenvalue weighted by Crippen LogP contribution is 2.34. The van der Waals surface area contributed by atoms with Crippen LogP contribution in [-0.4, -0.2) is 40.1 Å². The monoisotopic (exact) mass is 567 g/mol. The van der Waals surface area contributed by atoms with Crippen LogP contribution in [0.15, 0.2) is 95.8 Å². The first-order valence-corrected chi connectivity index (χ1v) is 12.9. The number of methoxy groups -OCH3 is 2. The summed E-state index contributed by atoms with van der Waals surface area (Å²) in [6.07, 6.45) is 0. The molecule has 5 N–H and O–H groups in total. The number of aromatic amines is 1. The number of nitrogens with zero attached hydrogens (tertiary/aromatic N) is 2. The second-order valence-corrected chi connectivity index (χ2v) is 9.27. The number of para-hydroxylation sites is 1. The quantitative estimate of drug-likeness (QED) is 0.167. The number of rotatable bonds is 11. The first-order chi connectivity index (χ1) is 20.4. The summed E-state index contributed by atoms with van der Waals surface area (Å²) in [7, 11) is 3.07. The van der Waals surface area contributed by atoms with Gasteiger partial charge in [-0.05, 0) is 47.5 Å². The molecule has 0 bridgehead atoms. The minimum atomic E-state index is -1.18. The van der Waals surface area contributed by atoms with Crippen molar-refractivity contribution in [2.75, 3.05) is 25.3 Å². The van der Waals surface area contributed by atoms with Crippen LogP contribution in [0.4, 0.5) is 11.4 Å². The van der Waals surface area contributed by atoms with Crippen LogP contribution in [0.25, 0.3) is 5.69 Å². The smallest absolute Gasteiger partial charge is 0.348 e. The molecule has 11 nitrogen and oxygen atoms in total. The number of hydrogen-bond acceptors (Lipinski definition) is 8. The molecule has 0 amide bonds. The van der Waals surface area contributed by atoms with Gasteiger partial charge in [-0.2, -0.15) is 4.68 Å². The Morgan fingerprint density at radius 3 is 2.43 bits per heavy atom. The van der Waals surface area contributed by atoms with E-state index >= 15 is 0 Å². The standard InChI is InChI=1S/C31H29N5O6/c1-40-25-15-12-20(16-27(25)41-2)28(29-34-31(39)36(35-29)24-11-7-6-10-22(24)30(37)38)33-21-13-14-23(32)26(17-21)42-18-19-8-4-3-5-9-19/h3-17,28,33H,18,32H2,1-2H3,(H,37,38)(H,34,35,39). The molecule has 1 aromatic heterocycles. The van der Waals surface area contributed by atoms with E-state index in [-0.39, 0.29) is 17.1 Å². The summed E-state index contributed by atoms with van der Waals surface area (Å²) in [5.41, 5.74) is 8.44. The van der Waals surface area contributed by atoms with Crippen molar-refractivity contribution in [3.63, 3.8) is 0 Å². The highest BCUT2D eigenvalue weighted by molar-refractivity contribution is 5.91. The second kappa shape index (κ2) is 12.2. The molecule has 11 heteroatoms. The van der Waals surface area contributed by atoms with Crippen molar-refractivity contribution < 1.29 is 24.1 Å². The van der Waals surface area contributed by atoms with E-state index in [0.29, 0.717) is 40.8 Å². The Bertz CT molecular complexity index is 1770. The summed E-state index contributed by atoms with van der Waals surface area (Å²) >= 11 is 0. The second-order valence-electron chi connectivity index (χ2n) is 9.27. The molecule has 0 aliphatic heterocycles. The Kier molecular flexibility index (Phi) is 8.10. The van der Waals surface area contributed by atoms with Gasteiger partial charge in [0.1, 0.15) is 18.4 Å². The Hall–Kier alpha value is -5.71. The van der Waals surface area contributed by atoms with Crippen LogP contribution in [0.1, 0.15) is 33.4 Å². The maximum Gasteiger partial charge on any atom is 0.348 e. The molecular formula is C31H29N5O6. The van der Waals surface area contributed by atoms with Gasteiger partial charge >= 0.3 is 11.7 Å². The van der Waals surface area contributed by atoms with Crippen LogP contribution in [0, 0.1) is 0 Å². The Morgan fingerprint density at radius 2 is 1.69 bits per heavy atom. The summed E-state index contributed by atoms with van der Waals surface area (Å²) in [6, 6.07) is 25.8. The molecule has 1 unspecified atom stereocenters. The van der Waals surface area contributed by atoms with E-state index in [9.17, 15) is 14.7 Å². The van der Waals surface area contributed by atoms with Gasteiger partial charge in [-0.15, -0.1) is 5.10 Å². The van der Waals surface area contributed by atoms with E-state index in [1.165, 1.54) is 26.4 Å². The number of H-pyrrole nitrogens is 1. The zero-order valence-electron chi connectivity index (χ0n) is 22.9. The van der Waals surface area contributed by atoms with Gasteiger partial charge in [0, 0.05) is 11.8 Å². The Morgan fingerprint density at radius 1 is 0.952 bits per heavy atom. The molecule has 1 atom stereocenters. The first-order valence-electron chi connectivity index (χ1n) is 12.9. The SMILES string of the molecule is COc1ccc(C(Nc2ccc(N)c(OCc3ccccc3)c2)c2nn(-c3ccccc3C(=O)O)c(=O)[nH]2)cc1OC. The molecule has 214 valence electrons. The summed E-state index contributed by atoms with van der Waals surface area (Å²) < 4.78 is 17.9. The number of hydrogen-bond donors (Lipinski definition) is 4. The van der Waals surface area contributed by atoms with Crippen molar-refractivity contribution in [1.29, 1.82) is 0 Å². The fourth-order valence-corrected chi connectivity index (χ4v) is 4.47. The lowest BCUT2D eigenvalue weighted by Crippen LogP contribution is -2.18. The number of ether oxygens (including phenoxy) is 3. The molecule has 1 heterocycles. The van der Waals surface area contributed by atoms with Crippen LogP contribution in [-0.2, 0) is 6.61 Å². The summed E-state index contributed by atoms with van der Waals surface area (Å²) in [5, 5.41) is 17.6. The zero-order chi connectivity index (χ0) is 29.6. The third-order valence-corrected chi connectivity index (χ3v) is 6.57. The maximum atomic E-state index is 13.1. The molecule has 0 spiro atoms. The molecule has 4 aromatic carbocycles. The zero-order valence-corrected chi connectivity index (χ0v) is 22.9. The van der Waals surface area contributed by atoms with Crippen molar-refractivity contribution in [1.82, 2.24) is 14.8 Å². The van der Waals surface area contributed by atoms with Crippen LogP contribution in [0.3, 0.4) is 0 Å². The maximum absolute atomic E-state index is 13.1. The highest BCUT2D eigenvalue weighted by Gasteiger charge is 2.24. The van der Waals surface area contributed by atoms with E-state index in [1.807, 2.05) is 36.4 Å². The normalized spacial score (nSPS) is 11.5. The third-order valence-electron chi connectivity index (χ3n) is 6.57. The van der Waals surface area contributed by atoms with E-state index < -0.39 is 17.7 Å². The number of benzene rings is 4. The summed E-state index contributed by atoms with van der Waals surface area (Å²) in [4.78, 5) is 27.7. The Labute approximate surface area is 241 Å². The third kappa shape index (κ3) is 5.89. The minimum absolute atomic E-state index is 0.0629. The van der Waals surface area contributed by atoms with E-state index in [2.05, 4.69) is 15.4 Å². The lowest BCUT2D eigenvalue weighted by molar-refractivity contribution is 0.0696. The van der Waals surface area contributed by atoms with Crippen LogP contribution >= 0.6 is 0 Å². The number of nitrogens with two attached hydrogens (primary N) is 1. The lowest BCUT2D eigenvalue weighted by Gasteiger charge is -2.20. The Balaban J connectivity index is 1.55. The van der Waals surface area contributed by atoms with Gasteiger partial charge in [0.2, 0.25) is 0 Å². The number of aromatic nitrogens is 3. The lowest BCUT2D eigenvalue weighted by atomic mass is 10.0. The van der Waals surface area contributed by atoms with Gasteiger partial charge in [0.25, 0.3) is 0 Å². The first kappa shape index (κ1) is 27.8. The molecule has 0 fully saturated rings. The molecule has 0 saturated carbocycles. The van der Waals surface area contributed by atoms with Gasteiger partial charge in [-0.25, -0.2) is 9.59 Å². The molecule has 5 aromatic rings. The molecular weight excluding hydrogens is 538 g/mol. The average molecular weight is 568 g/mol. The number of nitrogen functional groups attached to an aromatic ring is 1. The van der Waals surface area contributed by atoms with E-state index in [1.54, 1.807) is 42.5 Å². The largest absolute Gasteiger partial charge is 0.493 e. The van der Waals surface area contributed by atoms with Crippen LogP contribution in [0.5, 0.6) is 17.2 Å². The van der Waals surface area contributed by atoms with E-state index in [0.717, 1.165) is 10.2 Å². The van der Waals surface area contributed by atoms with Gasteiger partial charge < -0.3 is 30.4 Å². The molecule has 0 aliphatic carbocycles. The predicted octanol–water partition coefficient (Wildman–Crippen LogP) is 4.64. The van der Waals surface area contributed by atoms with Crippen LogP contribution in [0.2, 0.25) is 0 Å². The molecule has 0 saturated heterocycles. The molecule has 5 rings (SSSR count). The average Bonchev–Trinajstić information content (AvgIpc) is 3.40. The fraction of sp³-hybridized carbons (Fsp3) is 0.129. The van der Waals surface area contributed by atoms with Gasteiger partial charge in [0.05, 0.1) is 31.2 Å². The van der Waals surface area contributed by atoms with Crippen molar-refractivity contribution in [2.45, 2.75) is 12.6 Å². The van der Waals surface area contributed by atoms with E-state index in [4.69, 9.17) is 19.9 Å². The predicted molar refractivity (Wildman–Crippen MR) is 158 cm³/mol. The van der Waals surface area contributed by atoms with Gasteiger partial charge in [-0.1, -0.05) is 48.5 Å². The number of anilines is 2. The van der Waals surface area contributed by atoms with Gasteiger partial charge in [-0.3, -0.25) is 4.98 Å². The van der Waals surface area contributed by atoms with Crippen molar-refractivity contribution in [3.05, 3.63) is 124 Å². The van der Waals surface area contributed by atoms with Crippen molar-refractivity contribution in [2.24, 2.45) is 0 Å². The van der Waals surface area contributed by atoms with Crippen molar-refractivity contribution in [3.8, 4) is 22.9 Å². The highest BCUT2D eigenvalue weighted by atomic mass is 16.5. The summed E-state index contributed by atoms with van der Waals surface area (Å²) in [5.74, 6) is 0.532. The fourth-order valence-electron chi connectivity index (χ4n) is 4.47. The van der Waals surface area contributed by atoms with Gasteiger partial charge in [0.15, 0.2) is 17.3 Å². The topological polar surface area (TPSA) is 154 Å². The minimum Gasteiger partial charge on any atom is -0.493 e. The molecule has 42 heavy (non-hydrogen) atoms. The number of carboxylic acids is 1. The van der Waals surface area contributed by atoms with Crippen molar-refractivity contribution >= 4 is 17.3 Å². The van der Waals surface area contributed by atoms with Crippen LogP contribution < -0.4 is 31.0 Å². The number of aromatic carboxylic acids is 1. The number of nitrogens with one attached hydrogen (secondary N) is 2. The molecule has 0 radical (unpaired) electrons. The molecule has 0 aliphatic rings. The number of carbonyl (C=O) groups is 1. The number of carboxylic acid groups (broad SMARTS) is 1.